The first-order chi connectivity index (χ1) is 32.6. The van der Waals surface area contributed by atoms with Gasteiger partial charge in [0.1, 0.15) is 6.61 Å². The van der Waals surface area contributed by atoms with Crippen molar-refractivity contribution in [3.05, 3.63) is 134 Å². The van der Waals surface area contributed by atoms with Gasteiger partial charge in [0.05, 0.1) is 6.61 Å². The SMILES string of the molecule is CC/C=C\C/C=C\C/C=C\C/C=C\C/C=C\C/C=C\C/C=C\C/C=C\C/C=C\C/C=C\CCCCCCCCC(=O)OC(CO)COC(=O)CCCCCCC/C=C\CCCCCCCC. The van der Waals surface area contributed by atoms with Crippen LogP contribution in [0.25, 0.3) is 0 Å². The number of carbonyl (C=O) groups is 2. The number of allylic oxidation sites excluding steroid dienone is 22. The number of aliphatic hydroxyl groups is 1. The standard InChI is InChI=1S/C61H98O5/c1-3-5-7-9-11-13-15-17-19-20-21-22-23-24-25-26-27-28-29-30-31-32-33-34-35-36-37-38-39-40-42-44-46-48-50-52-54-56-61(64)66-59(57-62)58-65-60(63)55-53-51-49-47-45-43-41-18-16-14-12-10-8-6-4-2/h5,7,11,13,17-19,21-22,24-25,27-28,30-31,33-34,36-37,39-41,59,62H,3-4,6,8-10,12,14-16,20,23,26,29,32,35,38,42-58H2,1-2H3/b7-5-,13-11-,19-17-,22-21-,25-24-,28-27-,31-30-,34-33-,37-36-,40-39-,41-18-. The highest BCUT2D eigenvalue weighted by Gasteiger charge is 2.16. The van der Waals surface area contributed by atoms with Crippen LogP contribution in [0.4, 0.5) is 0 Å². The van der Waals surface area contributed by atoms with Crippen molar-refractivity contribution in [3.63, 3.8) is 0 Å². The van der Waals surface area contributed by atoms with Crippen molar-refractivity contribution in [2.75, 3.05) is 13.2 Å². The van der Waals surface area contributed by atoms with Gasteiger partial charge in [0.25, 0.3) is 0 Å². The molecule has 0 amide bonds. The number of esters is 2. The molecule has 1 N–H and O–H groups in total. The van der Waals surface area contributed by atoms with E-state index >= 15 is 0 Å². The van der Waals surface area contributed by atoms with Crippen LogP contribution in [0.5, 0.6) is 0 Å². The molecule has 1 unspecified atom stereocenters. The molecule has 0 fully saturated rings. The Morgan fingerprint density at radius 2 is 0.652 bits per heavy atom. The molecule has 0 aliphatic rings. The molecular weight excluding hydrogens is 813 g/mol. The van der Waals surface area contributed by atoms with Crippen LogP contribution in [-0.4, -0.2) is 36.4 Å². The summed E-state index contributed by atoms with van der Waals surface area (Å²) in [6, 6.07) is 0. The van der Waals surface area contributed by atoms with Gasteiger partial charge in [-0.25, -0.2) is 0 Å². The van der Waals surface area contributed by atoms with Gasteiger partial charge in [0.2, 0.25) is 0 Å². The van der Waals surface area contributed by atoms with Crippen molar-refractivity contribution in [2.45, 2.75) is 225 Å². The van der Waals surface area contributed by atoms with E-state index in [9.17, 15) is 14.7 Å². The molecule has 5 heteroatoms. The zero-order valence-electron chi connectivity index (χ0n) is 42.4. The second-order valence-electron chi connectivity index (χ2n) is 17.2. The Kier molecular flexibility index (Phi) is 52.0. The lowest BCUT2D eigenvalue weighted by Crippen LogP contribution is -2.28. The Morgan fingerprint density at radius 3 is 1.00 bits per heavy atom. The third-order valence-electron chi connectivity index (χ3n) is 10.9. The molecule has 372 valence electrons. The van der Waals surface area contributed by atoms with Gasteiger partial charge in [-0.3, -0.25) is 9.59 Å². The van der Waals surface area contributed by atoms with Crippen molar-refractivity contribution >= 4 is 11.9 Å². The summed E-state index contributed by atoms with van der Waals surface area (Å²) in [5, 5.41) is 9.62. The summed E-state index contributed by atoms with van der Waals surface area (Å²) in [5.74, 6) is -0.625. The van der Waals surface area contributed by atoms with Crippen LogP contribution >= 0.6 is 0 Å². The highest BCUT2D eigenvalue weighted by molar-refractivity contribution is 5.70. The van der Waals surface area contributed by atoms with E-state index in [0.717, 1.165) is 116 Å². The fourth-order valence-electron chi connectivity index (χ4n) is 6.93. The maximum absolute atomic E-state index is 12.3. The summed E-state index contributed by atoms with van der Waals surface area (Å²) in [7, 11) is 0. The molecule has 0 aliphatic heterocycles. The first-order valence-corrected chi connectivity index (χ1v) is 26.7. The van der Waals surface area contributed by atoms with Crippen LogP contribution < -0.4 is 0 Å². The van der Waals surface area contributed by atoms with Gasteiger partial charge in [0, 0.05) is 12.8 Å². The predicted octanol–water partition coefficient (Wildman–Crippen LogP) is 18.1. The maximum Gasteiger partial charge on any atom is 0.306 e. The topological polar surface area (TPSA) is 72.8 Å². The zero-order chi connectivity index (χ0) is 47.7. The Hall–Kier alpha value is -3.96. The number of carbonyl (C=O) groups excluding carboxylic acids is 2. The van der Waals surface area contributed by atoms with E-state index in [-0.39, 0.29) is 25.2 Å². The van der Waals surface area contributed by atoms with Crippen LogP contribution in [0.2, 0.25) is 0 Å². The van der Waals surface area contributed by atoms with Crippen LogP contribution in [0.1, 0.15) is 219 Å². The summed E-state index contributed by atoms with van der Waals surface area (Å²) < 4.78 is 10.6. The molecule has 0 aromatic carbocycles. The predicted molar refractivity (Wildman–Crippen MR) is 288 cm³/mol. The van der Waals surface area contributed by atoms with Crippen molar-refractivity contribution < 1.29 is 24.2 Å². The second-order valence-corrected chi connectivity index (χ2v) is 17.2. The molecule has 1 atom stereocenters. The number of aliphatic hydroxyl groups excluding tert-OH is 1. The molecule has 0 aliphatic carbocycles. The lowest BCUT2D eigenvalue weighted by Gasteiger charge is -2.15. The molecule has 0 aromatic heterocycles. The molecule has 0 saturated heterocycles. The molecule has 0 radical (unpaired) electrons. The summed E-state index contributed by atoms with van der Waals surface area (Å²) in [4.78, 5) is 24.4. The first kappa shape index (κ1) is 62.0. The number of hydrogen-bond donors (Lipinski definition) is 1. The molecule has 0 rings (SSSR count). The summed E-state index contributed by atoms with van der Waals surface area (Å²) in [6.07, 6.45) is 82.6. The van der Waals surface area contributed by atoms with Crippen molar-refractivity contribution in [1.29, 1.82) is 0 Å². The lowest BCUT2D eigenvalue weighted by molar-refractivity contribution is -0.161. The van der Waals surface area contributed by atoms with Crippen molar-refractivity contribution in [1.82, 2.24) is 0 Å². The number of hydrogen-bond acceptors (Lipinski definition) is 5. The van der Waals surface area contributed by atoms with E-state index < -0.39 is 6.10 Å². The monoisotopic (exact) mass is 911 g/mol. The average Bonchev–Trinajstić information content (AvgIpc) is 3.32. The van der Waals surface area contributed by atoms with Crippen molar-refractivity contribution in [3.8, 4) is 0 Å². The van der Waals surface area contributed by atoms with E-state index in [1.54, 1.807) is 0 Å². The molecular formula is C61H98O5. The van der Waals surface area contributed by atoms with Crippen LogP contribution in [0, 0.1) is 0 Å². The van der Waals surface area contributed by atoms with Crippen LogP contribution in [-0.2, 0) is 19.1 Å². The molecule has 0 aromatic rings. The van der Waals surface area contributed by atoms with Gasteiger partial charge < -0.3 is 14.6 Å². The lowest BCUT2D eigenvalue weighted by atomic mass is 10.1. The number of ether oxygens (including phenoxy) is 2. The highest BCUT2D eigenvalue weighted by Crippen LogP contribution is 2.13. The summed E-state index contributed by atoms with van der Waals surface area (Å²) in [6.45, 7) is 3.99. The minimum atomic E-state index is -0.792. The molecule has 0 heterocycles. The fourth-order valence-corrected chi connectivity index (χ4v) is 6.93. The Labute approximate surface area is 406 Å². The smallest absolute Gasteiger partial charge is 0.306 e. The summed E-state index contributed by atoms with van der Waals surface area (Å²) in [5.41, 5.74) is 0. The van der Waals surface area contributed by atoms with Gasteiger partial charge in [0.15, 0.2) is 6.10 Å². The zero-order valence-corrected chi connectivity index (χ0v) is 42.4. The third-order valence-corrected chi connectivity index (χ3v) is 10.9. The largest absolute Gasteiger partial charge is 0.462 e. The van der Waals surface area contributed by atoms with Crippen LogP contribution in [0.3, 0.4) is 0 Å². The van der Waals surface area contributed by atoms with Crippen molar-refractivity contribution in [2.24, 2.45) is 0 Å². The van der Waals surface area contributed by atoms with Gasteiger partial charge in [-0.1, -0.05) is 225 Å². The van der Waals surface area contributed by atoms with Gasteiger partial charge in [-0.15, -0.1) is 0 Å². The first-order valence-electron chi connectivity index (χ1n) is 26.7. The molecule has 66 heavy (non-hydrogen) atoms. The Bertz CT molecular complexity index is 1400. The maximum atomic E-state index is 12.3. The number of unbranched alkanes of at least 4 members (excludes halogenated alkanes) is 17. The third kappa shape index (κ3) is 52.7. The Balaban J connectivity index is 3.65. The second kappa shape index (κ2) is 55.4. The molecule has 0 saturated carbocycles. The van der Waals surface area contributed by atoms with Gasteiger partial charge in [-0.2, -0.15) is 0 Å². The summed E-state index contributed by atoms with van der Waals surface area (Å²) >= 11 is 0. The average molecular weight is 911 g/mol. The van der Waals surface area contributed by atoms with E-state index in [0.29, 0.717) is 12.8 Å². The highest BCUT2D eigenvalue weighted by atomic mass is 16.6. The normalized spacial score (nSPS) is 13.3. The Morgan fingerprint density at radius 1 is 0.364 bits per heavy atom. The van der Waals surface area contributed by atoms with Crippen LogP contribution in [0.15, 0.2) is 134 Å². The van der Waals surface area contributed by atoms with E-state index in [1.165, 1.54) is 77.0 Å². The fraction of sp³-hybridized carbons (Fsp3) is 0.607. The van der Waals surface area contributed by atoms with Gasteiger partial charge in [-0.05, 0) is 116 Å². The molecule has 0 spiro atoms. The van der Waals surface area contributed by atoms with Gasteiger partial charge >= 0.3 is 11.9 Å². The van der Waals surface area contributed by atoms with E-state index in [1.807, 2.05) is 0 Å². The quantitative estimate of drug-likeness (QED) is 0.0374. The number of rotatable bonds is 47. The minimum absolute atomic E-state index is 0.0834. The van der Waals surface area contributed by atoms with E-state index in [2.05, 4.69) is 148 Å². The molecule has 5 nitrogen and oxygen atoms in total. The van der Waals surface area contributed by atoms with E-state index in [4.69, 9.17) is 9.47 Å². The molecule has 0 bridgehead atoms. The minimum Gasteiger partial charge on any atom is -0.462 e.